The molecule has 5 fully saturated rings. The normalized spacial score (nSPS) is 18.6. The number of carbonyl (C=O) groups is 8. The lowest BCUT2D eigenvalue weighted by Crippen LogP contribution is -2.47. The summed E-state index contributed by atoms with van der Waals surface area (Å²) in [6.45, 7) is 13.0. The molecule has 2 unspecified atom stereocenters. The van der Waals surface area contributed by atoms with Crippen LogP contribution in [0, 0.1) is 13.8 Å². The van der Waals surface area contributed by atoms with Crippen LogP contribution in [0.4, 0.5) is 19.2 Å². The van der Waals surface area contributed by atoms with E-state index in [9.17, 15) is 43.5 Å². The average Bonchev–Trinajstić information content (AvgIpc) is 1.73. The van der Waals surface area contributed by atoms with E-state index in [0.717, 1.165) is 78.3 Å². The Kier molecular flexibility index (Phi) is 33.4. The molecule has 536 valence electrons. The molecule has 6 amide bonds. The molecule has 0 radical (unpaired) electrons. The van der Waals surface area contributed by atoms with Crippen molar-refractivity contribution in [1.82, 2.24) is 45.5 Å². The van der Waals surface area contributed by atoms with Gasteiger partial charge in [-0.05, 0) is 128 Å². The van der Waals surface area contributed by atoms with Gasteiger partial charge in [-0.25, -0.2) is 33.9 Å². The number of hydrogen-bond acceptors (Lipinski definition) is 20. The zero-order valence-corrected chi connectivity index (χ0v) is 57.1. The van der Waals surface area contributed by atoms with E-state index in [1.54, 1.807) is 31.1 Å². The Balaban J connectivity index is 0.000000194. The number of rotatable bonds is 18. The molecule has 5 aliphatic rings. The second-order valence-corrected chi connectivity index (χ2v) is 24.3. The number of hydrogen-bond donors (Lipinski definition) is 7. The summed E-state index contributed by atoms with van der Waals surface area (Å²) in [6.07, 6.45) is 8.78. The summed E-state index contributed by atoms with van der Waals surface area (Å²) in [7, 11) is 0. The molecule has 11 rings (SSSR count). The van der Waals surface area contributed by atoms with Crippen molar-refractivity contribution in [2.75, 3.05) is 52.4 Å². The number of ether oxygens (including phenoxy) is 4. The first-order valence-corrected chi connectivity index (χ1v) is 33.5. The number of carboxylic acid groups (broad SMARTS) is 1. The number of amides is 6. The van der Waals surface area contributed by atoms with Crippen molar-refractivity contribution in [3.63, 3.8) is 0 Å². The van der Waals surface area contributed by atoms with Crippen molar-refractivity contribution in [1.29, 1.82) is 0 Å². The number of nitrogens with one attached hydrogen (secondary N) is 3. The lowest BCUT2D eigenvalue weighted by Gasteiger charge is -2.23. The minimum absolute atomic E-state index is 0.0117. The zero-order chi connectivity index (χ0) is 71.5. The molecule has 6 aromatic rings. The van der Waals surface area contributed by atoms with E-state index in [-0.39, 0.29) is 75.4 Å². The minimum Gasteiger partial charge on any atom is -0.480 e. The second-order valence-electron chi connectivity index (χ2n) is 24.3. The lowest BCUT2D eigenvalue weighted by atomic mass is 10.2. The number of ketones is 1. The fourth-order valence-corrected chi connectivity index (χ4v) is 10.9. The monoisotopic (exact) mass is 1370 g/mol. The molecule has 5 saturated heterocycles. The number of nitrogens with two attached hydrogens (primary N) is 1. The summed E-state index contributed by atoms with van der Waals surface area (Å²) >= 11 is 0. The number of aliphatic hydroxyl groups is 2. The SMILES string of the molecule is CC(=O)CNC(=O)[C@@H]1CCCN1C(=O)OCc1ccccc1.CC(O)CN.CC(O)CNC(=O)[C@@H]1CCCN1C(=O)OCc1ccccc1.Cc1cnc([C@@H]2CCCN2)o1.Cc1cnc([C@@H]2CCCN2C(=O)OCc2ccccc2)o1.O=C(O)[C@@H]1CCCN1C(=O)OCc1ccccc1. The topological polar surface area (TPSA) is 361 Å². The third-order valence-electron chi connectivity index (χ3n) is 16.0. The molecule has 27 heteroatoms. The van der Waals surface area contributed by atoms with Gasteiger partial charge in [0.15, 0.2) is 0 Å². The van der Waals surface area contributed by atoms with Gasteiger partial charge in [0.25, 0.3) is 0 Å². The Labute approximate surface area is 577 Å². The average molecular weight is 1370 g/mol. The maximum Gasteiger partial charge on any atom is 0.410 e. The Morgan fingerprint density at radius 2 is 0.889 bits per heavy atom. The highest BCUT2D eigenvalue weighted by Crippen LogP contribution is 2.32. The fourth-order valence-electron chi connectivity index (χ4n) is 10.9. The number of aliphatic carboxylic acids is 1. The van der Waals surface area contributed by atoms with Crippen LogP contribution in [0.2, 0.25) is 0 Å². The van der Waals surface area contributed by atoms with Crippen LogP contribution in [-0.2, 0) is 64.6 Å². The van der Waals surface area contributed by atoms with E-state index in [2.05, 4.69) is 25.9 Å². The summed E-state index contributed by atoms with van der Waals surface area (Å²) in [5.41, 5.74) is 8.59. The van der Waals surface area contributed by atoms with Crippen molar-refractivity contribution < 1.29 is 81.5 Å². The Bertz CT molecular complexity index is 3410. The van der Waals surface area contributed by atoms with Gasteiger partial charge in [0.1, 0.15) is 67.9 Å². The van der Waals surface area contributed by atoms with E-state index in [4.69, 9.17) is 43.7 Å². The quantitative estimate of drug-likeness (QED) is 0.0395. The molecule has 8 N–H and O–H groups in total. The number of carbonyl (C=O) groups excluding carboxylic acids is 7. The van der Waals surface area contributed by atoms with E-state index in [1.807, 2.05) is 135 Å². The van der Waals surface area contributed by atoms with Crippen LogP contribution in [-0.4, -0.2) is 176 Å². The largest absolute Gasteiger partial charge is 0.480 e. The molecule has 4 aromatic carbocycles. The molecule has 0 aliphatic carbocycles. The summed E-state index contributed by atoms with van der Waals surface area (Å²) in [4.78, 5) is 109. The number of Topliss-reactive ketones (excluding diaryl/α,β-unsaturated/α-hetero) is 1. The predicted octanol–water partition coefficient (Wildman–Crippen LogP) is 8.84. The molecule has 27 nitrogen and oxygen atoms in total. The Hall–Kier alpha value is -9.70. The molecule has 7 atom stereocenters. The molecule has 7 heterocycles. The number of carboxylic acids is 1. The van der Waals surface area contributed by atoms with Gasteiger partial charge < -0.3 is 64.8 Å². The molecule has 0 bridgehead atoms. The van der Waals surface area contributed by atoms with E-state index >= 15 is 0 Å². The van der Waals surface area contributed by atoms with Gasteiger partial charge >= 0.3 is 30.3 Å². The van der Waals surface area contributed by atoms with Gasteiger partial charge in [0.05, 0.1) is 37.2 Å². The number of aryl methyl sites for hydroxylation is 2. The van der Waals surface area contributed by atoms with Gasteiger partial charge in [-0.2, -0.15) is 0 Å². The van der Waals surface area contributed by atoms with Gasteiger partial charge in [-0.1, -0.05) is 121 Å². The zero-order valence-electron chi connectivity index (χ0n) is 57.1. The number of nitrogens with zero attached hydrogens (tertiary/aromatic N) is 6. The van der Waals surface area contributed by atoms with Crippen LogP contribution < -0.4 is 21.7 Å². The highest BCUT2D eigenvalue weighted by atomic mass is 16.6. The van der Waals surface area contributed by atoms with Crippen molar-refractivity contribution in [2.24, 2.45) is 5.73 Å². The highest BCUT2D eigenvalue weighted by molar-refractivity contribution is 5.90. The molecule has 2 aromatic heterocycles. The first-order valence-electron chi connectivity index (χ1n) is 33.5. The Morgan fingerprint density at radius 3 is 1.24 bits per heavy atom. The van der Waals surface area contributed by atoms with Crippen LogP contribution in [0.3, 0.4) is 0 Å². The van der Waals surface area contributed by atoms with Crippen LogP contribution in [0.1, 0.15) is 143 Å². The van der Waals surface area contributed by atoms with Crippen molar-refractivity contribution in [3.05, 3.63) is 179 Å². The summed E-state index contributed by atoms with van der Waals surface area (Å²) in [5, 5.41) is 34.9. The third-order valence-corrected chi connectivity index (χ3v) is 16.0. The van der Waals surface area contributed by atoms with Crippen molar-refractivity contribution in [3.8, 4) is 0 Å². The third kappa shape index (κ3) is 27.3. The number of oxazole rings is 2. The maximum absolute atomic E-state index is 12.2. The van der Waals surface area contributed by atoms with Crippen LogP contribution in [0.15, 0.2) is 143 Å². The molecule has 5 aliphatic heterocycles. The first-order chi connectivity index (χ1) is 47.7. The van der Waals surface area contributed by atoms with Gasteiger partial charge in [-0.3, -0.25) is 34.0 Å². The van der Waals surface area contributed by atoms with E-state index < -0.39 is 48.5 Å². The van der Waals surface area contributed by atoms with Gasteiger partial charge in [-0.15, -0.1) is 0 Å². The standard InChI is InChI=1S/C16H22N2O4.C16H20N2O4.C16H18N2O3.C13H15NO4.C8H12N2O.C3H9NO/c2*1-12(19)10-17-15(20)14-8-5-9-18(14)16(21)22-11-13-6-3-2-4-7-13;1-12-10-17-15(21-12)14-8-5-9-18(14)16(19)20-11-13-6-3-2-4-7-13;15-12(16)11-7-4-8-14(11)13(17)18-9-10-5-2-1-3-6-10;1-6-5-10-8(11-6)7-3-2-4-9-7;1-3(5)2-4/h2-4,6-7,12,14,19H,5,8-11H2,1H3,(H,17,20);2-4,6-7,14H,5,8-11H2,1H3,(H,17,20);2-4,6-7,10,14H,5,8-9,11H2,1H3;1-3,5-6,11H,4,7-9H2,(H,15,16);5,7,9H,2-4H2,1H3;3,5H,2,4H2,1H3/t12?,14-;2*14-;11-;7-;/m00000./s1. The summed E-state index contributed by atoms with van der Waals surface area (Å²) in [6, 6.07) is 36.2. The van der Waals surface area contributed by atoms with Crippen molar-refractivity contribution in [2.45, 2.75) is 168 Å². The van der Waals surface area contributed by atoms with E-state index in [1.165, 1.54) is 28.0 Å². The first kappa shape index (κ1) is 78.3. The minimum atomic E-state index is -0.968. The maximum atomic E-state index is 12.2. The number of likely N-dealkylation sites (tertiary alicyclic amines) is 4. The van der Waals surface area contributed by atoms with Gasteiger partial charge in [0.2, 0.25) is 23.6 Å². The summed E-state index contributed by atoms with van der Waals surface area (Å²) in [5.74, 6) is 1.47. The smallest absolute Gasteiger partial charge is 0.410 e. The van der Waals surface area contributed by atoms with Crippen molar-refractivity contribution >= 4 is 47.9 Å². The number of aliphatic hydroxyl groups excluding tert-OH is 2. The van der Waals surface area contributed by atoms with E-state index in [0.29, 0.717) is 70.3 Å². The highest BCUT2D eigenvalue weighted by Gasteiger charge is 2.38. The van der Waals surface area contributed by atoms with Gasteiger partial charge in [0, 0.05) is 39.3 Å². The molecular weight excluding hydrogens is 1280 g/mol. The predicted molar refractivity (Wildman–Crippen MR) is 364 cm³/mol. The molecule has 0 spiro atoms. The number of benzene rings is 4. The molecule has 99 heavy (non-hydrogen) atoms. The Morgan fingerprint density at radius 1 is 0.525 bits per heavy atom. The summed E-state index contributed by atoms with van der Waals surface area (Å²) < 4.78 is 32.0. The fraction of sp³-hybridized carbons (Fsp3) is 0.472. The second kappa shape index (κ2) is 42.2. The lowest BCUT2D eigenvalue weighted by molar-refractivity contribution is -0.141. The van der Waals surface area contributed by atoms with Crippen LogP contribution in [0.25, 0.3) is 0 Å². The number of aromatic nitrogens is 2. The van der Waals surface area contributed by atoms with Crippen LogP contribution >= 0.6 is 0 Å². The molecule has 0 saturated carbocycles. The van der Waals surface area contributed by atoms with Crippen LogP contribution in [0.5, 0.6) is 0 Å². The molecular formula is C72H96N10O17.